The van der Waals surface area contributed by atoms with E-state index in [4.69, 9.17) is 0 Å². The summed E-state index contributed by atoms with van der Waals surface area (Å²) in [6, 6.07) is 20.6. The van der Waals surface area contributed by atoms with Crippen LogP contribution in [0.15, 0.2) is 54.6 Å². The van der Waals surface area contributed by atoms with Crippen molar-refractivity contribution in [3.05, 3.63) is 60.2 Å². The predicted molar refractivity (Wildman–Crippen MR) is 111 cm³/mol. The average molecular weight is 379 g/mol. The monoisotopic (exact) mass is 378 g/mol. The first kappa shape index (κ1) is 20.3. The Bertz CT molecular complexity index is 637. The molecule has 2 nitrogen and oxygen atoms in total. The van der Waals surface area contributed by atoms with Crippen LogP contribution in [-0.2, 0) is 0 Å². The molecule has 0 bridgehead atoms. The fraction of sp³-hybridized carbons (Fsp3) is 0.429. The van der Waals surface area contributed by atoms with Crippen LogP contribution in [0, 0.1) is 5.92 Å². The largest absolute Gasteiger partial charge is 0.314 e. The van der Waals surface area contributed by atoms with E-state index in [0.717, 1.165) is 19.0 Å². The van der Waals surface area contributed by atoms with Crippen LogP contribution in [0.4, 0.5) is 0 Å². The third-order valence-corrected chi connectivity index (χ3v) is 5.22. The van der Waals surface area contributed by atoms with E-state index in [1.54, 1.807) is 0 Å². The second-order valence-corrected chi connectivity index (χ2v) is 6.97. The van der Waals surface area contributed by atoms with Crippen LogP contribution in [0.2, 0.25) is 0 Å². The first-order valence-electron chi connectivity index (χ1n) is 9.00. The zero-order valence-electron chi connectivity index (χ0n) is 14.6. The van der Waals surface area contributed by atoms with E-state index < -0.39 is 0 Å². The molecule has 136 valence electrons. The Morgan fingerprint density at radius 3 is 2.24 bits per heavy atom. The van der Waals surface area contributed by atoms with Gasteiger partial charge in [0, 0.05) is 32.2 Å². The molecule has 1 saturated heterocycles. The van der Waals surface area contributed by atoms with Crippen LogP contribution >= 0.6 is 24.8 Å². The highest BCUT2D eigenvalue weighted by Gasteiger charge is 2.30. The van der Waals surface area contributed by atoms with Gasteiger partial charge in [0.25, 0.3) is 0 Å². The lowest BCUT2D eigenvalue weighted by Gasteiger charge is -2.35. The van der Waals surface area contributed by atoms with E-state index >= 15 is 0 Å². The van der Waals surface area contributed by atoms with Gasteiger partial charge in [0.15, 0.2) is 0 Å². The molecule has 2 aromatic carbocycles. The van der Waals surface area contributed by atoms with Gasteiger partial charge in [0.05, 0.1) is 0 Å². The van der Waals surface area contributed by atoms with Crippen LogP contribution in [0.5, 0.6) is 0 Å². The van der Waals surface area contributed by atoms with E-state index in [0.29, 0.717) is 6.04 Å². The second-order valence-electron chi connectivity index (χ2n) is 6.97. The van der Waals surface area contributed by atoms with Crippen molar-refractivity contribution >= 4 is 24.8 Å². The zero-order valence-corrected chi connectivity index (χ0v) is 16.2. The lowest BCUT2D eigenvalue weighted by molar-refractivity contribution is 0.160. The lowest BCUT2D eigenvalue weighted by atomic mass is 9.95. The molecule has 1 N–H and O–H groups in total. The highest BCUT2D eigenvalue weighted by atomic mass is 35.5. The summed E-state index contributed by atoms with van der Waals surface area (Å²) in [5, 5.41) is 3.49. The minimum atomic E-state index is 0. The Balaban J connectivity index is 0.00000113. The first-order valence-corrected chi connectivity index (χ1v) is 9.00. The fourth-order valence-corrected chi connectivity index (χ4v) is 3.72. The molecule has 1 atom stereocenters. The number of nitrogens with one attached hydrogen (secondary N) is 1. The molecule has 0 radical (unpaired) electrons. The number of halogens is 2. The van der Waals surface area contributed by atoms with Gasteiger partial charge < -0.3 is 5.32 Å². The van der Waals surface area contributed by atoms with Crippen molar-refractivity contribution in [3.8, 4) is 11.1 Å². The fourth-order valence-electron chi connectivity index (χ4n) is 3.72. The van der Waals surface area contributed by atoms with Gasteiger partial charge in [-0.1, -0.05) is 61.4 Å². The molecular formula is C21H28Cl2N2. The van der Waals surface area contributed by atoms with Gasteiger partial charge in [-0.25, -0.2) is 0 Å². The van der Waals surface area contributed by atoms with Crippen molar-refractivity contribution in [3.63, 3.8) is 0 Å². The molecule has 0 aromatic heterocycles. The molecule has 0 unspecified atom stereocenters. The second kappa shape index (κ2) is 9.59. The number of hydrogen-bond donors (Lipinski definition) is 1. The molecule has 1 aliphatic heterocycles. The van der Waals surface area contributed by atoms with Gasteiger partial charge in [0.1, 0.15) is 0 Å². The number of piperazine rings is 1. The SMILES string of the molecule is Cl.Cl.c1ccc(-c2cccc([C@H](CC3CC3)N3CCNCC3)c2)cc1. The van der Waals surface area contributed by atoms with Gasteiger partial charge in [-0.15, -0.1) is 24.8 Å². The molecule has 2 aromatic rings. The third kappa shape index (κ3) is 5.21. The number of nitrogens with zero attached hydrogens (tertiary/aromatic N) is 1. The van der Waals surface area contributed by atoms with Crippen molar-refractivity contribution in [2.75, 3.05) is 26.2 Å². The Hall–Kier alpha value is -1.06. The normalized spacial score (nSPS) is 18.7. The van der Waals surface area contributed by atoms with Crippen molar-refractivity contribution in [2.45, 2.75) is 25.3 Å². The molecule has 2 aliphatic rings. The van der Waals surface area contributed by atoms with Crippen LogP contribution < -0.4 is 5.32 Å². The molecule has 25 heavy (non-hydrogen) atoms. The van der Waals surface area contributed by atoms with Crippen molar-refractivity contribution in [1.29, 1.82) is 0 Å². The van der Waals surface area contributed by atoms with Crippen LogP contribution in [0.1, 0.15) is 30.9 Å². The third-order valence-electron chi connectivity index (χ3n) is 5.22. The van der Waals surface area contributed by atoms with Gasteiger partial charge in [-0.05, 0) is 35.1 Å². The van der Waals surface area contributed by atoms with Crippen LogP contribution in [-0.4, -0.2) is 31.1 Å². The summed E-state index contributed by atoms with van der Waals surface area (Å²) in [4.78, 5) is 2.69. The maximum absolute atomic E-state index is 3.49. The summed E-state index contributed by atoms with van der Waals surface area (Å²) in [6.45, 7) is 4.60. The van der Waals surface area contributed by atoms with Gasteiger partial charge in [-0.2, -0.15) is 0 Å². The summed E-state index contributed by atoms with van der Waals surface area (Å²) >= 11 is 0. The van der Waals surface area contributed by atoms with Crippen LogP contribution in [0.25, 0.3) is 11.1 Å². The van der Waals surface area contributed by atoms with Gasteiger partial charge in [-0.3, -0.25) is 4.90 Å². The smallest absolute Gasteiger partial charge is 0.0352 e. The van der Waals surface area contributed by atoms with Crippen molar-refractivity contribution < 1.29 is 0 Å². The number of rotatable bonds is 5. The van der Waals surface area contributed by atoms with E-state index in [-0.39, 0.29) is 24.8 Å². The van der Waals surface area contributed by atoms with Crippen molar-refractivity contribution in [1.82, 2.24) is 10.2 Å². The summed E-state index contributed by atoms with van der Waals surface area (Å²) in [5.74, 6) is 0.954. The Morgan fingerprint density at radius 1 is 0.880 bits per heavy atom. The van der Waals surface area contributed by atoms with E-state index in [1.807, 2.05) is 0 Å². The molecule has 1 heterocycles. The Morgan fingerprint density at radius 2 is 1.56 bits per heavy atom. The van der Waals surface area contributed by atoms with Crippen LogP contribution in [0.3, 0.4) is 0 Å². The maximum Gasteiger partial charge on any atom is 0.0352 e. The van der Waals surface area contributed by atoms with E-state index in [9.17, 15) is 0 Å². The molecular weight excluding hydrogens is 351 g/mol. The number of benzene rings is 2. The molecule has 4 rings (SSSR count). The quantitative estimate of drug-likeness (QED) is 0.791. The topological polar surface area (TPSA) is 15.3 Å². The van der Waals surface area contributed by atoms with Crippen molar-refractivity contribution in [2.24, 2.45) is 5.92 Å². The zero-order chi connectivity index (χ0) is 15.5. The molecule has 1 aliphatic carbocycles. The summed E-state index contributed by atoms with van der Waals surface area (Å²) in [7, 11) is 0. The predicted octanol–water partition coefficient (Wildman–Crippen LogP) is 4.94. The minimum Gasteiger partial charge on any atom is -0.314 e. The maximum atomic E-state index is 3.49. The lowest BCUT2D eigenvalue weighted by Crippen LogP contribution is -2.45. The molecule has 1 saturated carbocycles. The Labute approximate surface area is 163 Å². The highest BCUT2D eigenvalue weighted by molar-refractivity contribution is 5.85. The Kier molecular flexibility index (Phi) is 7.77. The summed E-state index contributed by atoms with van der Waals surface area (Å²) in [5.41, 5.74) is 4.17. The highest BCUT2D eigenvalue weighted by Crippen LogP contribution is 2.40. The summed E-state index contributed by atoms with van der Waals surface area (Å²) in [6.07, 6.45) is 4.19. The molecule has 4 heteroatoms. The molecule has 0 spiro atoms. The average Bonchev–Trinajstić information content (AvgIpc) is 3.46. The van der Waals surface area contributed by atoms with Gasteiger partial charge in [0.2, 0.25) is 0 Å². The van der Waals surface area contributed by atoms with E-state index in [1.165, 1.54) is 49.0 Å². The van der Waals surface area contributed by atoms with Gasteiger partial charge >= 0.3 is 0 Å². The first-order chi connectivity index (χ1) is 11.4. The van der Waals surface area contributed by atoms with E-state index in [2.05, 4.69) is 64.8 Å². The molecule has 0 amide bonds. The standard InChI is InChI=1S/C21H26N2.2ClH/c1-2-5-18(6-3-1)19-7-4-8-20(16-19)21(15-17-9-10-17)23-13-11-22-12-14-23;;/h1-8,16-17,21-22H,9-15H2;2*1H/t21-;;/m0../s1. The molecule has 2 fully saturated rings. The minimum absolute atomic E-state index is 0. The summed E-state index contributed by atoms with van der Waals surface area (Å²) < 4.78 is 0. The number of hydrogen-bond acceptors (Lipinski definition) is 2.